The van der Waals surface area contributed by atoms with E-state index in [4.69, 9.17) is 1.37 Å². The van der Waals surface area contributed by atoms with Crippen LogP contribution < -0.4 is 0 Å². The summed E-state index contributed by atoms with van der Waals surface area (Å²) in [6.45, 7) is 0. The smallest absolute Gasteiger partial charge is 0.261 e. The molecule has 18 heavy (non-hydrogen) atoms. The summed E-state index contributed by atoms with van der Waals surface area (Å²) >= 11 is 0. The molecule has 94 valence electrons. The highest BCUT2D eigenvalue weighted by molar-refractivity contribution is 5.19. The third-order valence-electron chi connectivity index (χ3n) is 2.50. The molecule has 0 aliphatic carbocycles. The van der Waals surface area contributed by atoms with Crippen molar-refractivity contribution in [2.45, 2.75) is 19.0 Å². The number of aryl methyl sites for hydroxylation is 2. The number of pyridine rings is 1. The fourth-order valence-corrected chi connectivity index (χ4v) is 1.53. The predicted octanol–water partition coefficient (Wildman–Crippen LogP) is 3.89. The van der Waals surface area contributed by atoms with Crippen molar-refractivity contribution in [1.29, 1.82) is 0 Å². The standard InChI is InChI=1S/C14H12F3N/c15-14(16,17)12-7-9-13(18-10-12)8-6-11-4-2-1-3-5-11/h1-5,7,9-10H,6,8H2/i8D. The van der Waals surface area contributed by atoms with E-state index in [2.05, 4.69) is 4.98 Å². The summed E-state index contributed by atoms with van der Waals surface area (Å²) in [6.07, 6.45) is -3.84. The SMILES string of the molecule is [2H]C(Cc1ccccc1)c1ccc(C(F)(F)F)cn1. The topological polar surface area (TPSA) is 12.9 Å². The quantitative estimate of drug-likeness (QED) is 0.807. The van der Waals surface area contributed by atoms with Crippen molar-refractivity contribution >= 4 is 0 Å². The third kappa shape index (κ3) is 3.32. The van der Waals surface area contributed by atoms with Crippen LogP contribution in [0, 0.1) is 0 Å². The van der Waals surface area contributed by atoms with Gasteiger partial charge in [-0.2, -0.15) is 13.2 Å². The van der Waals surface area contributed by atoms with Gasteiger partial charge >= 0.3 is 6.18 Å². The molecule has 0 N–H and O–H groups in total. The molecule has 1 unspecified atom stereocenters. The normalized spacial score (nSPS) is 14.1. The Morgan fingerprint density at radius 1 is 1.06 bits per heavy atom. The van der Waals surface area contributed by atoms with Crippen LogP contribution in [0.1, 0.15) is 18.2 Å². The second-order valence-corrected chi connectivity index (χ2v) is 3.86. The van der Waals surface area contributed by atoms with Gasteiger partial charge in [-0.05, 0) is 30.5 Å². The van der Waals surface area contributed by atoms with Crippen LogP contribution >= 0.6 is 0 Å². The summed E-state index contributed by atoms with van der Waals surface area (Å²) < 4.78 is 45.1. The van der Waals surface area contributed by atoms with E-state index in [0.29, 0.717) is 12.1 Å². The number of alkyl halides is 3. The third-order valence-corrected chi connectivity index (χ3v) is 2.50. The molecule has 0 saturated heterocycles. The molecule has 1 nitrogen and oxygen atoms in total. The molecule has 4 heteroatoms. The molecule has 0 radical (unpaired) electrons. The maximum absolute atomic E-state index is 12.4. The zero-order valence-electron chi connectivity index (χ0n) is 10.5. The molecular weight excluding hydrogens is 239 g/mol. The molecule has 1 aromatic heterocycles. The van der Waals surface area contributed by atoms with Gasteiger partial charge in [-0.3, -0.25) is 4.98 Å². The van der Waals surface area contributed by atoms with Crippen LogP contribution in [0.4, 0.5) is 13.2 Å². The van der Waals surface area contributed by atoms with Gasteiger partial charge in [-0.1, -0.05) is 30.3 Å². The summed E-state index contributed by atoms with van der Waals surface area (Å²) in [4.78, 5) is 3.73. The molecule has 0 saturated carbocycles. The van der Waals surface area contributed by atoms with Crippen molar-refractivity contribution < 1.29 is 14.5 Å². The lowest BCUT2D eigenvalue weighted by atomic mass is 10.1. The van der Waals surface area contributed by atoms with Gasteiger partial charge in [-0.15, -0.1) is 0 Å². The Kier molecular flexibility index (Phi) is 3.26. The Hall–Kier alpha value is -1.84. The van der Waals surface area contributed by atoms with E-state index >= 15 is 0 Å². The number of hydrogen-bond donors (Lipinski definition) is 0. The predicted molar refractivity (Wildman–Crippen MR) is 63.1 cm³/mol. The van der Waals surface area contributed by atoms with Crippen molar-refractivity contribution in [1.82, 2.24) is 4.98 Å². The average molecular weight is 252 g/mol. The van der Waals surface area contributed by atoms with Gasteiger partial charge in [0.1, 0.15) is 0 Å². The van der Waals surface area contributed by atoms with Crippen molar-refractivity contribution in [2.24, 2.45) is 0 Å². The minimum atomic E-state index is -4.39. The van der Waals surface area contributed by atoms with E-state index in [1.54, 1.807) is 0 Å². The summed E-state index contributed by atoms with van der Waals surface area (Å²) in [6, 6.07) is 11.6. The molecule has 0 amide bonds. The zero-order valence-corrected chi connectivity index (χ0v) is 9.48. The Morgan fingerprint density at radius 3 is 2.33 bits per heavy atom. The number of rotatable bonds is 3. The molecule has 2 rings (SSSR count). The number of nitrogens with zero attached hydrogens (tertiary/aromatic N) is 1. The second kappa shape index (κ2) is 5.21. The number of aromatic nitrogens is 1. The molecule has 0 bridgehead atoms. The monoisotopic (exact) mass is 252 g/mol. The number of hydrogen-bond acceptors (Lipinski definition) is 1. The number of halogens is 3. The summed E-state index contributed by atoms with van der Waals surface area (Å²) in [7, 11) is 0. The summed E-state index contributed by atoms with van der Waals surface area (Å²) in [5.41, 5.74) is 0.518. The van der Waals surface area contributed by atoms with Crippen molar-refractivity contribution in [3.63, 3.8) is 0 Å². The molecule has 0 fully saturated rings. The average Bonchev–Trinajstić information content (AvgIpc) is 2.39. The van der Waals surface area contributed by atoms with Crippen LogP contribution in [-0.2, 0) is 19.0 Å². The van der Waals surface area contributed by atoms with Crippen molar-refractivity contribution in [3.8, 4) is 0 Å². The van der Waals surface area contributed by atoms with Crippen LogP contribution in [0.3, 0.4) is 0 Å². The van der Waals surface area contributed by atoms with E-state index in [0.717, 1.165) is 17.8 Å². The first-order valence-electron chi connectivity index (χ1n) is 6.04. The van der Waals surface area contributed by atoms with E-state index in [1.165, 1.54) is 6.07 Å². The van der Waals surface area contributed by atoms with Gasteiger partial charge in [-0.25, -0.2) is 0 Å². The van der Waals surface area contributed by atoms with Gasteiger partial charge in [0, 0.05) is 13.3 Å². The Morgan fingerprint density at radius 2 is 1.78 bits per heavy atom. The maximum Gasteiger partial charge on any atom is 0.417 e. The minimum Gasteiger partial charge on any atom is -0.261 e. The van der Waals surface area contributed by atoms with E-state index in [1.807, 2.05) is 30.3 Å². The second-order valence-electron chi connectivity index (χ2n) is 3.86. The first-order chi connectivity index (χ1) is 8.97. The highest BCUT2D eigenvalue weighted by atomic mass is 19.4. The molecule has 1 heterocycles. The first-order valence-corrected chi connectivity index (χ1v) is 5.46. The first kappa shape index (κ1) is 11.3. The van der Waals surface area contributed by atoms with Crippen LogP contribution in [-0.4, -0.2) is 4.98 Å². The lowest BCUT2D eigenvalue weighted by Crippen LogP contribution is -2.06. The van der Waals surface area contributed by atoms with E-state index in [-0.39, 0.29) is 0 Å². The molecular formula is C14H12F3N. The fraction of sp³-hybridized carbons (Fsp3) is 0.214. The lowest BCUT2D eigenvalue weighted by molar-refractivity contribution is -0.137. The van der Waals surface area contributed by atoms with Gasteiger partial charge < -0.3 is 0 Å². The molecule has 0 aliphatic rings. The molecule has 1 aromatic carbocycles. The maximum atomic E-state index is 12.4. The molecule has 0 aliphatic heterocycles. The Labute approximate surface area is 105 Å². The molecule has 0 spiro atoms. The van der Waals surface area contributed by atoms with E-state index < -0.39 is 18.1 Å². The summed E-state index contributed by atoms with van der Waals surface area (Å²) in [5, 5.41) is 0. The zero-order chi connectivity index (χ0) is 13.9. The van der Waals surface area contributed by atoms with E-state index in [9.17, 15) is 13.2 Å². The van der Waals surface area contributed by atoms with Crippen LogP contribution in [0.2, 0.25) is 0 Å². The van der Waals surface area contributed by atoms with Gasteiger partial charge in [0.25, 0.3) is 0 Å². The Bertz CT molecular complexity index is 523. The minimum absolute atomic E-state index is 0.344. The van der Waals surface area contributed by atoms with Gasteiger partial charge in [0.05, 0.1) is 5.56 Å². The lowest BCUT2D eigenvalue weighted by Gasteiger charge is -2.06. The summed E-state index contributed by atoms with van der Waals surface area (Å²) in [5.74, 6) is 0. The van der Waals surface area contributed by atoms with Gasteiger partial charge in [0.15, 0.2) is 0 Å². The van der Waals surface area contributed by atoms with Crippen molar-refractivity contribution in [3.05, 3.63) is 65.5 Å². The number of benzene rings is 1. The molecule has 2 aromatic rings. The highest BCUT2D eigenvalue weighted by Crippen LogP contribution is 2.28. The largest absolute Gasteiger partial charge is 0.417 e. The Balaban J connectivity index is 2.10. The van der Waals surface area contributed by atoms with Crippen LogP contribution in [0.5, 0.6) is 0 Å². The fourth-order valence-electron chi connectivity index (χ4n) is 1.53. The van der Waals surface area contributed by atoms with Crippen LogP contribution in [0.25, 0.3) is 0 Å². The van der Waals surface area contributed by atoms with Crippen LogP contribution in [0.15, 0.2) is 48.7 Å². The van der Waals surface area contributed by atoms with Crippen molar-refractivity contribution in [2.75, 3.05) is 0 Å². The highest BCUT2D eigenvalue weighted by Gasteiger charge is 2.30. The van der Waals surface area contributed by atoms with Gasteiger partial charge in [0.2, 0.25) is 0 Å². The molecule has 1 atom stereocenters.